The van der Waals surface area contributed by atoms with Gasteiger partial charge < -0.3 is 26.5 Å². The van der Waals surface area contributed by atoms with Crippen LogP contribution in [-0.2, 0) is 9.59 Å². The molecule has 1 fully saturated rings. The summed E-state index contributed by atoms with van der Waals surface area (Å²) in [5.74, 6) is -2.32. The highest BCUT2D eigenvalue weighted by molar-refractivity contribution is 5.99. The number of hydrogen-bond donors (Lipinski definition) is 4. The molecule has 2 heterocycles. The highest BCUT2D eigenvalue weighted by atomic mass is 16.5. The number of nitrogens with zero attached hydrogens (tertiary/aromatic N) is 2. The normalized spacial score (nSPS) is 19.2. The highest BCUT2D eigenvalue weighted by Gasteiger charge is 2.43. The summed E-state index contributed by atoms with van der Waals surface area (Å²) >= 11 is 0. The van der Waals surface area contributed by atoms with E-state index in [9.17, 15) is 24.4 Å². The summed E-state index contributed by atoms with van der Waals surface area (Å²) in [5, 5.41) is 11.4. The number of unbranched alkanes of at least 4 members (excludes halogenated alkanes) is 1. The summed E-state index contributed by atoms with van der Waals surface area (Å²) in [5.41, 5.74) is 15.9. The van der Waals surface area contributed by atoms with Gasteiger partial charge in [-0.1, -0.05) is 24.6 Å². The summed E-state index contributed by atoms with van der Waals surface area (Å²) in [6.07, 6.45) is 1.56. The zero-order valence-corrected chi connectivity index (χ0v) is 17.5. The van der Waals surface area contributed by atoms with Crippen LogP contribution >= 0.6 is 0 Å². The lowest BCUT2D eigenvalue weighted by atomic mass is 10.1. The van der Waals surface area contributed by atoms with Crippen molar-refractivity contribution in [3.63, 3.8) is 0 Å². The quantitative estimate of drug-likeness (QED) is 0.182. The number of fused-ring (bicyclic) bond motifs is 1. The first-order chi connectivity index (χ1) is 15.2. The topological polar surface area (TPSA) is 186 Å². The Bertz CT molecular complexity index is 1070. The van der Waals surface area contributed by atoms with Crippen molar-refractivity contribution in [2.45, 2.75) is 43.8 Å². The second-order valence-electron chi connectivity index (χ2n) is 7.82. The van der Waals surface area contributed by atoms with E-state index in [1.807, 2.05) is 0 Å². The average Bonchev–Trinajstić information content (AvgIpc) is 3.23. The molecule has 172 valence electrons. The maximum atomic E-state index is 13.1. The van der Waals surface area contributed by atoms with Gasteiger partial charge in [0.1, 0.15) is 17.2 Å². The number of carbonyl (C=O) groups excluding carboxylic acids is 3. The monoisotopic (exact) mass is 445 g/mol. The molecule has 1 saturated heterocycles. The Morgan fingerprint density at radius 3 is 2.66 bits per heavy atom. The van der Waals surface area contributed by atoms with Crippen molar-refractivity contribution in [1.82, 2.24) is 9.96 Å². The zero-order valence-electron chi connectivity index (χ0n) is 17.5. The molecule has 2 aromatic rings. The van der Waals surface area contributed by atoms with Crippen LogP contribution in [0, 0.1) is 0 Å². The molecule has 1 aromatic carbocycles. The Morgan fingerprint density at radius 2 is 1.97 bits per heavy atom. The predicted molar refractivity (Wildman–Crippen MR) is 114 cm³/mol. The van der Waals surface area contributed by atoms with Crippen molar-refractivity contribution in [2.24, 2.45) is 17.2 Å². The maximum Gasteiger partial charge on any atom is 0.349 e. The zero-order chi connectivity index (χ0) is 23.4. The molecule has 3 atom stereocenters. The van der Waals surface area contributed by atoms with Crippen LogP contribution in [0.25, 0.3) is 11.0 Å². The van der Waals surface area contributed by atoms with Gasteiger partial charge in [-0.05, 0) is 31.5 Å². The Balaban J connectivity index is 1.80. The van der Waals surface area contributed by atoms with Crippen molar-refractivity contribution in [3.05, 3.63) is 46.3 Å². The molecule has 3 rings (SSSR count). The van der Waals surface area contributed by atoms with E-state index in [1.54, 1.807) is 24.3 Å². The second kappa shape index (κ2) is 9.90. The van der Waals surface area contributed by atoms with Gasteiger partial charge in [-0.2, -0.15) is 0 Å². The first-order valence-corrected chi connectivity index (χ1v) is 10.3. The van der Waals surface area contributed by atoms with Gasteiger partial charge in [0.05, 0.1) is 12.1 Å². The number of benzene rings is 1. The van der Waals surface area contributed by atoms with Crippen LogP contribution in [0.2, 0.25) is 0 Å². The third kappa shape index (κ3) is 4.79. The minimum atomic E-state index is -1.12. The fraction of sp³-hybridized carbons (Fsp3) is 0.429. The first-order valence-electron chi connectivity index (χ1n) is 10.3. The molecule has 32 heavy (non-hydrogen) atoms. The standard InChI is InChI=1S/C21H27N5O6/c22-8-4-3-6-15(23)20(29)26(31)13-10-16(18(24)27)25(11-13)19(28)14-9-12-5-1-2-7-17(12)32-21(14)30/h1-2,5,7,9,13,15-16,31H,3-4,6,8,10-11,22-23H2,(H2,24,27)/t13-,15-,16-/m0/s1. The number of hydroxylamine groups is 2. The maximum absolute atomic E-state index is 13.1. The fourth-order valence-corrected chi connectivity index (χ4v) is 3.83. The van der Waals surface area contributed by atoms with Gasteiger partial charge >= 0.3 is 5.63 Å². The molecule has 0 unspecified atom stereocenters. The molecular formula is C21H27N5O6. The number of amides is 3. The van der Waals surface area contributed by atoms with Crippen LogP contribution in [0.15, 0.2) is 39.5 Å². The highest BCUT2D eigenvalue weighted by Crippen LogP contribution is 2.24. The van der Waals surface area contributed by atoms with Gasteiger partial charge in [-0.3, -0.25) is 19.6 Å². The molecule has 1 aliphatic heterocycles. The van der Waals surface area contributed by atoms with Crippen molar-refractivity contribution in [1.29, 1.82) is 0 Å². The summed E-state index contributed by atoms with van der Waals surface area (Å²) in [4.78, 5) is 51.0. The minimum Gasteiger partial charge on any atom is -0.422 e. The van der Waals surface area contributed by atoms with Gasteiger partial charge in [0.15, 0.2) is 0 Å². The number of para-hydroxylation sites is 1. The SMILES string of the molecule is NCCCC[C@H](N)C(=O)N(O)[C@H]1C[C@@H](C(N)=O)N(C(=O)c2cc3ccccc3oc2=O)C1. The molecule has 11 heteroatoms. The molecular weight excluding hydrogens is 418 g/mol. The number of nitrogens with two attached hydrogens (primary N) is 3. The summed E-state index contributed by atoms with van der Waals surface area (Å²) in [7, 11) is 0. The molecule has 7 N–H and O–H groups in total. The number of hydrogen-bond acceptors (Lipinski definition) is 8. The number of primary amides is 1. The molecule has 0 radical (unpaired) electrons. The molecule has 0 bridgehead atoms. The molecule has 1 aliphatic rings. The predicted octanol–water partition coefficient (Wildman–Crippen LogP) is -0.464. The first kappa shape index (κ1) is 23.4. The Hall–Kier alpha value is -3.28. The van der Waals surface area contributed by atoms with Crippen LogP contribution in [-0.4, -0.2) is 64.1 Å². The fourth-order valence-electron chi connectivity index (χ4n) is 3.83. The smallest absolute Gasteiger partial charge is 0.349 e. The van der Waals surface area contributed by atoms with Gasteiger partial charge in [0, 0.05) is 18.4 Å². The van der Waals surface area contributed by atoms with E-state index in [1.165, 1.54) is 6.07 Å². The lowest BCUT2D eigenvalue weighted by Crippen LogP contribution is -2.48. The largest absolute Gasteiger partial charge is 0.422 e. The number of carbonyl (C=O) groups is 3. The van der Waals surface area contributed by atoms with E-state index < -0.39 is 41.5 Å². The second-order valence-corrected chi connectivity index (χ2v) is 7.82. The number of likely N-dealkylation sites (tertiary alicyclic amines) is 1. The summed E-state index contributed by atoms with van der Waals surface area (Å²) < 4.78 is 5.20. The summed E-state index contributed by atoms with van der Waals surface area (Å²) in [6.45, 7) is 0.267. The molecule has 1 aromatic heterocycles. The molecule has 3 amide bonds. The van der Waals surface area contributed by atoms with Crippen molar-refractivity contribution >= 4 is 28.7 Å². The van der Waals surface area contributed by atoms with Crippen molar-refractivity contribution < 1.29 is 24.0 Å². The van der Waals surface area contributed by atoms with Crippen LogP contribution in [0.5, 0.6) is 0 Å². The molecule has 0 spiro atoms. The van der Waals surface area contributed by atoms with E-state index in [0.717, 1.165) is 4.90 Å². The molecule has 0 aliphatic carbocycles. The van der Waals surface area contributed by atoms with Gasteiger partial charge in [0.25, 0.3) is 11.8 Å². The summed E-state index contributed by atoms with van der Waals surface area (Å²) in [6, 6.07) is 5.09. The van der Waals surface area contributed by atoms with Crippen LogP contribution in [0.1, 0.15) is 36.0 Å². The van der Waals surface area contributed by atoms with Gasteiger partial charge in [-0.25, -0.2) is 9.86 Å². The van der Waals surface area contributed by atoms with Crippen molar-refractivity contribution in [3.8, 4) is 0 Å². The molecule has 0 saturated carbocycles. The van der Waals surface area contributed by atoms with Crippen LogP contribution in [0.3, 0.4) is 0 Å². The van der Waals surface area contributed by atoms with E-state index in [0.29, 0.717) is 41.8 Å². The third-order valence-electron chi connectivity index (χ3n) is 5.60. The van der Waals surface area contributed by atoms with E-state index >= 15 is 0 Å². The average molecular weight is 445 g/mol. The van der Waals surface area contributed by atoms with Crippen molar-refractivity contribution in [2.75, 3.05) is 13.1 Å². The van der Waals surface area contributed by atoms with Gasteiger partial charge in [-0.15, -0.1) is 0 Å². The Kier molecular flexibility index (Phi) is 7.23. The minimum absolute atomic E-state index is 0.0856. The lowest BCUT2D eigenvalue weighted by Gasteiger charge is -2.25. The van der Waals surface area contributed by atoms with Crippen LogP contribution < -0.4 is 22.8 Å². The van der Waals surface area contributed by atoms with E-state index in [2.05, 4.69) is 0 Å². The Labute approximate surface area is 183 Å². The van der Waals surface area contributed by atoms with Crippen LogP contribution in [0.4, 0.5) is 0 Å². The van der Waals surface area contributed by atoms with Gasteiger partial charge in [0.2, 0.25) is 5.91 Å². The molecule has 11 nitrogen and oxygen atoms in total. The van der Waals surface area contributed by atoms with E-state index in [4.69, 9.17) is 21.6 Å². The lowest BCUT2D eigenvalue weighted by molar-refractivity contribution is -0.176. The Morgan fingerprint density at radius 1 is 1.25 bits per heavy atom. The third-order valence-corrected chi connectivity index (χ3v) is 5.60. The number of rotatable bonds is 8. The van der Waals surface area contributed by atoms with E-state index in [-0.39, 0.29) is 18.5 Å².